The van der Waals surface area contributed by atoms with Crippen LogP contribution in [0, 0.1) is 34.6 Å². The smallest absolute Gasteiger partial charge is 0.229 e. The lowest BCUT2D eigenvalue weighted by Crippen LogP contribution is -2.11. The standard InChI is InChI=1S/2C25H28N6.C24H26N6/c1-17-14-26-24(29-20-9-11-22(12-10-20)31-15-18(2)27-16-31)30-23(17)28-21-8-6-7-19(13-21)25(3,4)5;1-17-16-27-24(29-20-9-11-22(12-10-20)31-14-13-26-18(31)2)30-23(17)28-21-8-6-7-19(15-21)25(3,4)5;1-17-16-25-23(28-19-9-11-21(12-10-19)30-14-6-13-26-30)29-22(17)27-20-8-5-7-18(15-20)24(2,3)4/h6-16H,1-5H3,(H2,26,28,29,30);6-16H,1-5H3,(H2,27,28,29,30);5-16H,1-4H3,(H2,25,27,28,29). The molecule has 0 spiro atoms. The van der Waals surface area contributed by atoms with E-state index in [2.05, 4.69) is 202 Å². The molecule has 0 saturated carbocycles. The average molecular weight is 1220 g/mol. The molecule has 92 heavy (non-hydrogen) atoms. The third kappa shape index (κ3) is 17.0. The second-order valence-electron chi connectivity index (χ2n) is 25.8. The van der Waals surface area contributed by atoms with Gasteiger partial charge in [0.05, 0.1) is 17.7 Å². The first-order valence-corrected chi connectivity index (χ1v) is 30.7. The van der Waals surface area contributed by atoms with Gasteiger partial charge in [0.25, 0.3) is 0 Å². The average Bonchev–Trinajstić information content (AvgIpc) is 1.45. The Morgan fingerprint density at radius 1 is 0.359 bits per heavy atom. The highest BCUT2D eigenvalue weighted by Crippen LogP contribution is 2.31. The second-order valence-corrected chi connectivity index (χ2v) is 25.8. The molecule has 0 amide bonds. The Balaban J connectivity index is 0.000000151. The highest BCUT2D eigenvalue weighted by molar-refractivity contribution is 5.67. The van der Waals surface area contributed by atoms with Crippen molar-refractivity contribution in [3.8, 4) is 17.1 Å². The predicted molar refractivity (Wildman–Crippen MR) is 376 cm³/mol. The molecule has 12 aromatic rings. The topological polar surface area (TPSA) is 203 Å². The third-order valence-electron chi connectivity index (χ3n) is 15.1. The molecule has 18 nitrogen and oxygen atoms in total. The number of hydrogen-bond donors (Lipinski definition) is 6. The maximum Gasteiger partial charge on any atom is 0.229 e. The molecule has 0 fully saturated rings. The fourth-order valence-corrected chi connectivity index (χ4v) is 9.63. The molecule has 0 aliphatic heterocycles. The van der Waals surface area contributed by atoms with Crippen molar-refractivity contribution in [3.05, 3.63) is 252 Å². The normalized spacial score (nSPS) is 11.4. The minimum atomic E-state index is 0.0898. The van der Waals surface area contributed by atoms with E-state index in [0.29, 0.717) is 17.8 Å². The lowest BCUT2D eigenvalue weighted by molar-refractivity contribution is 0.590. The summed E-state index contributed by atoms with van der Waals surface area (Å²) in [6, 6.07) is 51.4. The molecule has 6 aromatic heterocycles. The fraction of sp³-hybridized carbons (Fsp3) is 0.230. The Bertz CT molecular complexity index is 4390. The van der Waals surface area contributed by atoms with Crippen LogP contribution in [0.1, 0.15) is 107 Å². The van der Waals surface area contributed by atoms with Crippen LogP contribution >= 0.6 is 0 Å². The van der Waals surface area contributed by atoms with Crippen molar-refractivity contribution in [2.45, 2.75) is 113 Å². The van der Waals surface area contributed by atoms with Crippen molar-refractivity contribution in [1.29, 1.82) is 0 Å². The number of nitrogens with one attached hydrogen (secondary N) is 6. The Morgan fingerprint density at radius 3 is 1.09 bits per heavy atom. The van der Waals surface area contributed by atoms with Gasteiger partial charge in [-0.2, -0.15) is 20.1 Å². The van der Waals surface area contributed by atoms with Crippen molar-refractivity contribution in [2.75, 3.05) is 31.9 Å². The van der Waals surface area contributed by atoms with Gasteiger partial charge < -0.3 is 41.0 Å². The molecule has 0 atom stereocenters. The molecular formula is C74H82N18. The molecule has 6 aromatic carbocycles. The van der Waals surface area contributed by atoms with Crippen LogP contribution in [0.2, 0.25) is 0 Å². The van der Waals surface area contributed by atoms with Gasteiger partial charge in [0.2, 0.25) is 17.8 Å². The van der Waals surface area contributed by atoms with Gasteiger partial charge in [-0.1, -0.05) is 98.7 Å². The highest BCUT2D eigenvalue weighted by atomic mass is 15.3. The van der Waals surface area contributed by atoms with Crippen molar-refractivity contribution in [1.82, 2.24) is 58.8 Å². The Labute approximate surface area is 540 Å². The van der Waals surface area contributed by atoms with E-state index in [-0.39, 0.29) is 16.2 Å². The van der Waals surface area contributed by atoms with E-state index < -0.39 is 0 Å². The van der Waals surface area contributed by atoms with Crippen LogP contribution < -0.4 is 31.9 Å². The predicted octanol–water partition coefficient (Wildman–Crippen LogP) is 17.9. The minimum absolute atomic E-state index is 0.0898. The first-order chi connectivity index (χ1) is 43.9. The number of aryl methyl sites for hydroxylation is 5. The van der Waals surface area contributed by atoms with E-state index in [1.54, 1.807) is 12.4 Å². The summed E-state index contributed by atoms with van der Waals surface area (Å²) >= 11 is 0. The SMILES string of the molecule is Cc1cn(-c2ccc(Nc3ncc(C)c(Nc4cccc(C(C)(C)C)c4)n3)cc2)cn1.Cc1cnc(Nc2ccc(-n3cccn3)cc2)nc1Nc1cccc(C(C)(C)C)c1.Cc1cnc(Nc2ccc(-n3ccnc3C)cc2)nc1Nc1cccc(C(C)(C)C)c1. The summed E-state index contributed by atoms with van der Waals surface area (Å²) in [5, 5.41) is 24.4. The van der Waals surface area contributed by atoms with Crippen molar-refractivity contribution in [2.24, 2.45) is 0 Å². The van der Waals surface area contributed by atoms with Crippen molar-refractivity contribution >= 4 is 69.4 Å². The summed E-state index contributed by atoms with van der Waals surface area (Å²) in [7, 11) is 0. The Kier molecular flexibility index (Phi) is 19.3. The van der Waals surface area contributed by atoms with Gasteiger partial charge in [0, 0.05) is 112 Å². The van der Waals surface area contributed by atoms with Crippen LogP contribution in [0.25, 0.3) is 17.1 Å². The van der Waals surface area contributed by atoms with Crippen LogP contribution in [-0.2, 0) is 16.2 Å². The molecule has 12 rings (SSSR count). The molecule has 468 valence electrons. The van der Waals surface area contributed by atoms with Gasteiger partial charge in [0.15, 0.2) is 0 Å². The van der Waals surface area contributed by atoms with Crippen LogP contribution in [0.3, 0.4) is 0 Å². The van der Waals surface area contributed by atoms with Gasteiger partial charge >= 0.3 is 0 Å². The summed E-state index contributed by atoms with van der Waals surface area (Å²) in [6.07, 6.45) is 16.7. The Morgan fingerprint density at radius 2 is 0.750 bits per heavy atom. The second kappa shape index (κ2) is 27.8. The summed E-state index contributed by atoms with van der Waals surface area (Å²) in [6.45, 7) is 29.9. The van der Waals surface area contributed by atoms with Crippen LogP contribution in [0.15, 0.2) is 208 Å². The molecule has 0 bridgehead atoms. The van der Waals surface area contributed by atoms with E-state index in [1.807, 2.05) is 171 Å². The van der Waals surface area contributed by atoms with Gasteiger partial charge in [-0.15, -0.1) is 0 Å². The van der Waals surface area contributed by atoms with Crippen LogP contribution in [0.5, 0.6) is 0 Å². The number of anilines is 12. The molecule has 6 N–H and O–H groups in total. The van der Waals surface area contributed by atoms with Gasteiger partial charge in [-0.3, -0.25) is 0 Å². The molecule has 6 heterocycles. The van der Waals surface area contributed by atoms with E-state index in [4.69, 9.17) is 9.97 Å². The van der Waals surface area contributed by atoms with Crippen molar-refractivity contribution < 1.29 is 0 Å². The molecule has 0 aliphatic carbocycles. The van der Waals surface area contributed by atoms with Crippen LogP contribution in [-0.4, -0.2) is 58.8 Å². The summed E-state index contributed by atoms with van der Waals surface area (Å²) in [5.74, 6) is 4.95. The number of aromatic nitrogens is 12. The lowest BCUT2D eigenvalue weighted by Gasteiger charge is -2.20. The molecule has 0 unspecified atom stereocenters. The maximum absolute atomic E-state index is 4.69. The largest absolute Gasteiger partial charge is 0.340 e. The maximum atomic E-state index is 4.69. The number of hydrogen-bond acceptors (Lipinski definition) is 15. The molecule has 0 saturated heterocycles. The molecule has 0 aliphatic rings. The monoisotopic (exact) mass is 1220 g/mol. The lowest BCUT2D eigenvalue weighted by atomic mass is 9.87. The quantitative estimate of drug-likeness (QED) is 0.0565. The fourth-order valence-electron chi connectivity index (χ4n) is 9.63. The summed E-state index contributed by atoms with van der Waals surface area (Å²) < 4.78 is 5.86. The molecule has 0 radical (unpaired) electrons. The molecule has 18 heteroatoms. The van der Waals surface area contributed by atoms with Gasteiger partial charge in [-0.25, -0.2) is 29.6 Å². The minimum Gasteiger partial charge on any atom is -0.340 e. The first kappa shape index (κ1) is 64.0. The van der Waals surface area contributed by atoms with E-state index >= 15 is 0 Å². The van der Waals surface area contributed by atoms with E-state index in [9.17, 15) is 0 Å². The third-order valence-corrected chi connectivity index (χ3v) is 15.1. The number of imidazole rings is 2. The first-order valence-electron chi connectivity index (χ1n) is 30.7. The number of nitrogens with zero attached hydrogens (tertiary/aromatic N) is 12. The number of benzene rings is 6. The zero-order valence-corrected chi connectivity index (χ0v) is 55.0. The van der Waals surface area contributed by atoms with E-state index in [1.165, 1.54) is 16.7 Å². The van der Waals surface area contributed by atoms with Crippen LogP contribution in [0.4, 0.5) is 69.4 Å². The zero-order chi connectivity index (χ0) is 65.2. The Hall–Kier alpha value is -11.0. The van der Waals surface area contributed by atoms with Gasteiger partial charge in [-0.05, 0) is 183 Å². The van der Waals surface area contributed by atoms with Gasteiger partial charge in [0.1, 0.15) is 23.3 Å². The van der Waals surface area contributed by atoms with Crippen molar-refractivity contribution in [3.63, 3.8) is 0 Å². The van der Waals surface area contributed by atoms with E-state index in [0.717, 1.165) is 96.8 Å². The zero-order valence-electron chi connectivity index (χ0n) is 55.0. The number of rotatable bonds is 15. The highest BCUT2D eigenvalue weighted by Gasteiger charge is 2.18. The summed E-state index contributed by atoms with van der Waals surface area (Å²) in [5.41, 5.74) is 16.9. The summed E-state index contributed by atoms with van der Waals surface area (Å²) in [4.78, 5) is 35.9. The molecular weight excluding hydrogens is 1140 g/mol.